The molecule has 3 aromatic rings. The first kappa shape index (κ1) is 23.6. The highest BCUT2D eigenvalue weighted by Gasteiger charge is 2.28. The minimum Gasteiger partial charge on any atom is -0.378 e. The quantitative estimate of drug-likeness (QED) is 0.541. The van der Waals surface area contributed by atoms with Crippen molar-refractivity contribution < 1.29 is 9.53 Å². The van der Waals surface area contributed by atoms with Crippen LogP contribution >= 0.6 is 11.8 Å². The Bertz CT molecular complexity index is 1130. The summed E-state index contributed by atoms with van der Waals surface area (Å²) in [5.74, 6) is 0.817. The number of hydrogen-bond donors (Lipinski definition) is 1. The summed E-state index contributed by atoms with van der Waals surface area (Å²) in [4.78, 5) is 28.0. The maximum Gasteiger partial charge on any atom is 0.229 e. The molecule has 2 aliphatic heterocycles. The van der Waals surface area contributed by atoms with Crippen LogP contribution in [0.3, 0.4) is 0 Å². The number of hydrogen-bond acceptors (Lipinski definition) is 7. The number of piperidine rings is 1. The molecule has 35 heavy (non-hydrogen) atoms. The van der Waals surface area contributed by atoms with E-state index in [-0.39, 0.29) is 11.8 Å². The average molecular weight is 490 g/mol. The highest BCUT2D eigenvalue weighted by Crippen LogP contribution is 2.34. The third-order valence-corrected chi connectivity index (χ3v) is 7.47. The van der Waals surface area contributed by atoms with E-state index in [4.69, 9.17) is 4.74 Å². The maximum absolute atomic E-state index is 13.1. The van der Waals surface area contributed by atoms with Gasteiger partial charge in [-0.05, 0) is 56.2 Å². The Morgan fingerprint density at radius 2 is 1.71 bits per heavy atom. The summed E-state index contributed by atoms with van der Waals surface area (Å²) in [6.45, 7) is 6.91. The van der Waals surface area contributed by atoms with Gasteiger partial charge in [0, 0.05) is 54.8 Å². The Morgan fingerprint density at radius 1 is 0.971 bits per heavy atom. The number of aryl methyl sites for hydroxylation is 1. The van der Waals surface area contributed by atoms with E-state index in [1.165, 1.54) is 5.56 Å². The van der Waals surface area contributed by atoms with E-state index in [1.807, 2.05) is 12.1 Å². The van der Waals surface area contributed by atoms with Crippen molar-refractivity contribution >= 4 is 34.9 Å². The second kappa shape index (κ2) is 11.1. The summed E-state index contributed by atoms with van der Waals surface area (Å²) >= 11 is 1.61. The molecule has 5 rings (SSSR count). The van der Waals surface area contributed by atoms with Gasteiger partial charge in [0.05, 0.1) is 19.1 Å². The lowest BCUT2D eigenvalue weighted by atomic mass is 9.97. The zero-order valence-electron chi connectivity index (χ0n) is 20.0. The fourth-order valence-corrected chi connectivity index (χ4v) is 5.41. The van der Waals surface area contributed by atoms with Crippen molar-refractivity contribution in [1.82, 2.24) is 9.97 Å². The van der Waals surface area contributed by atoms with Gasteiger partial charge < -0.3 is 19.9 Å². The largest absolute Gasteiger partial charge is 0.378 e. The van der Waals surface area contributed by atoms with E-state index >= 15 is 0 Å². The van der Waals surface area contributed by atoms with Crippen molar-refractivity contribution in [2.45, 2.75) is 29.7 Å². The molecule has 0 spiro atoms. The number of carbonyl (C=O) groups excluding carboxylic acids is 1. The van der Waals surface area contributed by atoms with Crippen molar-refractivity contribution in [2.24, 2.45) is 5.92 Å². The lowest BCUT2D eigenvalue weighted by Crippen LogP contribution is -2.41. The van der Waals surface area contributed by atoms with Gasteiger partial charge in [0.2, 0.25) is 5.91 Å². The molecule has 1 amide bonds. The molecule has 7 nitrogen and oxygen atoms in total. The predicted molar refractivity (Wildman–Crippen MR) is 140 cm³/mol. The number of nitrogens with zero attached hydrogens (tertiary/aromatic N) is 4. The van der Waals surface area contributed by atoms with Crippen molar-refractivity contribution in [2.75, 3.05) is 54.5 Å². The molecule has 0 bridgehead atoms. The standard InChI is InChI=1S/C27H31N5O2S/c1-20-4-10-24(11-5-20)35-27-25(28-12-13-29-27)32-14-2-3-21(19-32)26(33)30-22-6-8-23(9-7-22)31-15-17-34-18-16-31/h4-13,21H,2-3,14-19H2,1H3,(H,30,33)/t21-/m0/s1. The Kier molecular flexibility index (Phi) is 7.49. The molecule has 0 unspecified atom stereocenters. The Labute approximate surface area is 210 Å². The minimum absolute atomic E-state index is 0.0606. The van der Waals surface area contributed by atoms with Crippen LogP contribution in [0.2, 0.25) is 0 Å². The predicted octanol–water partition coefficient (Wildman–Crippen LogP) is 4.63. The van der Waals surface area contributed by atoms with Gasteiger partial charge in [-0.15, -0.1) is 0 Å². The molecule has 0 radical (unpaired) electrons. The van der Waals surface area contributed by atoms with E-state index in [1.54, 1.807) is 24.2 Å². The Hall–Kier alpha value is -3.10. The number of rotatable bonds is 6. The van der Waals surface area contributed by atoms with Crippen molar-refractivity contribution in [3.05, 3.63) is 66.5 Å². The second-order valence-corrected chi connectivity index (χ2v) is 10.1. The van der Waals surface area contributed by atoms with E-state index in [9.17, 15) is 4.79 Å². The average Bonchev–Trinajstić information content (AvgIpc) is 2.91. The van der Waals surface area contributed by atoms with E-state index in [0.29, 0.717) is 6.54 Å². The minimum atomic E-state index is -0.0955. The molecule has 2 aliphatic rings. The smallest absolute Gasteiger partial charge is 0.229 e. The van der Waals surface area contributed by atoms with Crippen LogP contribution < -0.4 is 15.1 Å². The van der Waals surface area contributed by atoms with Crippen LogP contribution in [0, 0.1) is 12.8 Å². The van der Waals surface area contributed by atoms with E-state index in [2.05, 4.69) is 68.4 Å². The summed E-state index contributed by atoms with van der Waals surface area (Å²) in [6.07, 6.45) is 5.27. The first-order valence-corrected chi connectivity index (χ1v) is 13.0. The van der Waals surface area contributed by atoms with E-state index < -0.39 is 0 Å². The number of amides is 1. The summed E-state index contributed by atoms with van der Waals surface area (Å²) < 4.78 is 5.43. The molecule has 0 aliphatic carbocycles. The van der Waals surface area contributed by atoms with Crippen LogP contribution in [0.4, 0.5) is 17.2 Å². The molecule has 2 aromatic carbocycles. The second-order valence-electron chi connectivity index (χ2n) is 9.02. The lowest BCUT2D eigenvalue weighted by Gasteiger charge is -2.33. The topological polar surface area (TPSA) is 70.6 Å². The molecule has 3 heterocycles. The summed E-state index contributed by atoms with van der Waals surface area (Å²) in [5.41, 5.74) is 3.23. The Balaban J connectivity index is 1.23. The monoisotopic (exact) mass is 489 g/mol. The molecule has 1 aromatic heterocycles. The maximum atomic E-state index is 13.1. The number of ether oxygens (including phenoxy) is 1. The first-order valence-electron chi connectivity index (χ1n) is 12.2. The van der Waals surface area contributed by atoms with E-state index in [0.717, 1.165) is 72.8 Å². The number of carbonyl (C=O) groups is 1. The number of benzene rings is 2. The zero-order chi connectivity index (χ0) is 24.0. The lowest BCUT2D eigenvalue weighted by molar-refractivity contribution is -0.120. The number of anilines is 3. The molecule has 2 fully saturated rings. The van der Waals surface area contributed by atoms with Gasteiger partial charge in [0.1, 0.15) is 5.03 Å². The summed E-state index contributed by atoms with van der Waals surface area (Å²) in [6, 6.07) is 16.5. The molecule has 2 saturated heterocycles. The van der Waals surface area contributed by atoms with Gasteiger partial charge in [-0.2, -0.15) is 0 Å². The third-order valence-electron chi connectivity index (χ3n) is 6.48. The molecule has 1 N–H and O–H groups in total. The normalized spacial score (nSPS) is 18.4. The molecule has 1 atom stereocenters. The molecular formula is C27H31N5O2S. The van der Waals surface area contributed by atoms with Crippen LogP contribution in [0.1, 0.15) is 18.4 Å². The molecule has 8 heteroatoms. The van der Waals surface area contributed by atoms with Gasteiger partial charge in [-0.25, -0.2) is 9.97 Å². The Morgan fingerprint density at radius 3 is 2.49 bits per heavy atom. The van der Waals surface area contributed by atoms with Gasteiger partial charge >= 0.3 is 0 Å². The fraction of sp³-hybridized carbons (Fsp3) is 0.370. The first-order chi connectivity index (χ1) is 17.2. The number of nitrogens with one attached hydrogen (secondary N) is 1. The number of morpholine rings is 1. The van der Waals surface area contributed by atoms with Crippen LogP contribution in [-0.4, -0.2) is 55.3 Å². The van der Waals surface area contributed by atoms with Crippen LogP contribution in [0.15, 0.2) is 70.8 Å². The highest BCUT2D eigenvalue weighted by atomic mass is 32.2. The van der Waals surface area contributed by atoms with Crippen molar-refractivity contribution in [3.63, 3.8) is 0 Å². The third kappa shape index (κ3) is 5.94. The van der Waals surface area contributed by atoms with Crippen molar-refractivity contribution in [3.8, 4) is 0 Å². The van der Waals surface area contributed by atoms with Gasteiger partial charge in [-0.1, -0.05) is 29.5 Å². The summed E-state index contributed by atoms with van der Waals surface area (Å²) in [5, 5.41) is 3.99. The fourth-order valence-electron chi connectivity index (χ4n) is 4.53. The van der Waals surface area contributed by atoms with Crippen LogP contribution in [0.25, 0.3) is 0 Å². The SMILES string of the molecule is Cc1ccc(Sc2nccnc2N2CCC[C@H](C(=O)Nc3ccc(N4CCOCC4)cc3)C2)cc1. The van der Waals surface area contributed by atoms with Gasteiger partial charge in [0.15, 0.2) is 5.82 Å². The van der Waals surface area contributed by atoms with Gasteiger partial charge in [0.25, 0.3) is 0 Å². The molecule has 182 valence electrons. The van der Waals surface area contributed by atoms with Crippen LogP contribution in [0.5, 0.6) is 0 Å². The zero-order valence-corrected chi connectivity index (χ0v) is 20.8. The number of aromatic nitrogens is 2. The molecular weight excluding hydrogens is 458 g/mol. The van der Waals surface area contributed by atoms with Crippen molar-refractivity contribution in [1.29, 1.82) is 0 Å². The van der Waals surface area contributed by atoms with Gasteiger partial charge in [-0.3, -0.25) is 4.79 Å². The molecule has 0 saturated carbocycles. The van der Waals surface area contributed by atoms with Crippen LogP contribution in [-0.2, 0) is 9.53 Å². The summed E-state index contributed by atoms with van der Waals surface area (Å²) in [7, 11) is 0. The highest BCUT2D eigenvalue weighted by molar-refractivity contribution is 7.99.